The molecule has 0 bridgehead atoms. The standard InChI is InChI=1S/C26H24N6O3S/c1-16-28-15-21(35-16)22-10-11-23(36-22)24(33)30-26-29-19-14-18(8-9-20(19)32(26)13-12-27)31(2)25(34)17-6-4-3-5-7-17/h3-11,14-15H,12-13,27H2,1-2H3,(H,29,30,33). The molecule has 36 heavy (non-hydrogen) atoms. The van der Waals surface area contributed by atoms with Gasteiger partial charge in [0.2, 0.25) is 5.95 Å². The van der Waals surface area contributed by atoms with Gasteiger partial charge in [0.25, 0.3) is 11.8 Å². The highest BCUT2D eigenvalue weighted by Gasteiger charge is 2.19. The lowest BCUT2D eigenvalue weighted by atomic mass is 10.2. The van der Waals surface area contributed by atoms with Gasteiger partial charge in [0.15, 0.2) is 11.7 Å². The summed E-state index contributed by atoms with van der Waals surface area (Å²) in [4.78, 5) is 37.6. The van der Waals surface area contributed by atoms with Crippen LogP contribution in [0.2, 0.25) is 0 Å². The van der Waals surface area contributed by atoms with Crippen LogP contribution in [0, 0.1) is 6.92 Å². The number of nitrogens with two attached hydrogens (primary N) is 1. The van der Waals surface area contributed by atoms with E-state index >= 15 is 0 Å². The SMILES string of the molecule is Cc1ncc(-c2ccc(C(=O)Nc3nc4cc(N(C)C(=O)c5ccccc5)ccc4n3CCN)s2)o1. The first-order chi connectivity index (χ1) is 17.4. The first-order valence-electron chi connectivity index (χ1n) is 11.3. The summed E-state index contributed by atoms with van der Waals surface area (Å²) in [7, 11) is 1.72. The van der Waals surface area contributed by atoms with Gasteiger partial charge in [-0.15, -0.1) is 11.3 Å². The number of aromatic nitrogens is 3. The predicted octanol–water partition coefficient (Wildman–Crippen LogP) is 4.55. The second-order valence-electron chi connectivity index (χ2n) is 8.14. The zero-order valence-corrected chi connectivity index (χ0v) is 20.6. The van der Waals surface area contributed by atoms with Crippen LogP contribution < -0.4 is 16.0 Å². The minimum Gasteiger partial charge on any atom is -0.440 e. The molecule has 0 radical (unpaired) electrons. The van der Waals surface area contributed by atoms with Crippen LogP contribution in [0.15, 0.2) is 71.3 Å². The molecular weight excluding hydrogens is 476 g/mol. The van der Waals surface area contributed by atoms with Crippen LogP contribution in [0.1, 0.15) is 25.9 Å². The van der Waals surface area contributed by atoms with Gasteiger partial charge < -0.3 is 19.6 Å². The summed E-state index contributed by atoms with van der Waals surface area (Å²) in [5.41, 5.74) is 8.59. The van der Waals surface area contributed by atoms with Crippen molar-refractivity contribution in [2.45, 2.75) is 13.5 Å². The fourth-order valence-corrected chi connectivity index (χ4v) is 4.75. The molecule has 5 rings (SSSR count). The molecule has 0 fully saturated rings. The van der Waals surface area contributed by atoms with Gasteiger partial charge in [-0.2, -0.15) is 0 Å². The van der Waals surface area contributed by atoms with Gasteiger partial charge in [-0.1, -0.05) is 18.2 Å². The quantitative estimate of drug-likeness (QED) is 0.338. The molecule has 0 aliphatic heterocycles. The predicted molar refractivity (Wildman–Crippen MR) is 140 cm³/mol. The van der Waals surface area contributed by atoms with E-state index in [0.717, 1.165) is 10.4 Å². The fourth-order valence-electron chi connectivity index (χ4n) is 3.90. The van der Waals surface area contributed by atoms with Crippen molar-refractivity contribution in [2.75, 3.05) is 23.8 Å². The number of carbonyl (C=O) groups excluding carboxylic acids is 2. The van der Waals surface area contributed by atoms with Crippen LogP contribution in [0.5, 0.6) is 0 Å². The second-order valence-corrected chi connectivity index (χ2v) is 9.22. The molecule has 9 nitrogen and oxygen atoms in total. The average Bonchev–Trinajstić information content (AvgIpc) is 3.63. The van der Waals surface area contributed by atoms with Crippen molar-refractivity contribution < 1.29 is 14.0 Å². The second kappa shape index (κ2) is 9.76. The van der Waals surface area contributed by atoms with Crippen LogP contribution in [0.25, 0.3) is 21.7 Å². The van der Waals surface area contributed by atoms with Crippen molar-refractivity contribution >= 4 is 45.8 Å². The Hall–Kier alpha value is -4.28. The van der Waals surface area contributed by atoms with Gasteiger partial charge >= 0.3 is 0 Å². The lowest BCUT2D eigenvalue weighted by Crippen LogP contribution is -2.26. The number of imidazole rings is 1. The van der Waals surface area contributed by atoms with E-state index in [4.69, 9.17) is 10.2 Å². The highest BCUT2D eigenvalue weighted by molar-refractivity contribution is 7.17. The lowest BCUT2D eigenvalue weighted by molar-refractivity contribution is 0.0991. The Labute approximate surface area is 211 Å². The Morgan fingerprint density at radius 2 is 1.94 bits per heavy atom. The summed E-state index contributed by atoms with van der Waals surface area (Å²) in [5.74, 6) is 1.16. The average molecular weight is 501 g/mol. The van der Waals surface area contributed by atoms with Gasteiger partial charge in [-0.25, -0.2) is 9.97 Å². The molecule has 182 valence electrons. The molecule has 10 heteroatoms. The van der Waals surface area contributed by atoms with E-state index in [0.29, 0.717) is 52.3 Å². The summed E-state index contributed by atoms with van der Waals surface area (Å²) in [6.07, 6.45) is 1.64. The number of fused-ring (bicyclic) bond motifs is 1. The van der Waals surface area contributed by atoms with Crippen LogP contribution in [0.4, 0.5) is 11.6 Å². The zero-order chi connectivity index (χ0) is 25.2. The number of hydrogen-bond acceptors (Lipinski definition) is 7. The first kappa shape index (κ1) is 23.5. The molecule has 2 aromatic carbocycles. The Bertz CT molecular complexity index is 1550. The van der Waals surface area contributed by atoms with Gasteiger partial charge in [-0.05, 0) is 42.5 Å². The highest BCUT2D eigenvalue weighted by atomic mass is 32.1. The Morgan fingerprint density at radius 3 is 2.67 bits per heavy atom. The van der Waals surface area contributed by atoms with Gasteiger partial charge in [0, 0.05) is 38.3 Å². The van der Waals surface area contributed by atoms with E-state index in [9.17, 15) is 9.59 Å². The zero-order valence-electron chi connectivity index (χ0n) is 19.8. The number of rotatable bonds is 7. The third-order valence-corrected chi connectivity index (χ3v) is 6.82. The molecule has 0 saturated heterocycles. The first-order valence-corrected chi connectivity index (χ1v) is 12.1. The third-order valence-electron chi connectivity index (χ3n) is 5.72. The molecule has 0 saturated carbocycles. The highest BCUT2D eigenvalue weighted by Crippen LogP contribution is 2.30. The number of nitrogens with one attached hydrogen (secondary N) is 1. The topological polar surface area (TPSA) is 119 Å². The van der Waals surface area contributed by atoms with Crippen molar-refractivity contribution in [2.24, 2.45) is 5.73 Å². The number of nitrogens with zero attached hydrogens (tertiary/aromatic N) is 4. The number of thiophene rings is 1. The van der Waals surface area contributed by atoms with E-state index in [2.05, 4.69) is 15.3 Å². The van der Waals surface area contributed by atoms with Crippen molar-refractivity contribution in [1.82, 2.24) is 14.5 Å². The van der Waals surface area contributed by atoms with Crippen LogP contribution in [-0.4, -0.2) is 39.9 Å². The molecule has 2 amide bonds. The van der Waals surface area contributed by atoms with E-state index < -0.39 is 0 Å². The summed E-state index contributed by atoms with van der Waals surface area (Å²) in [5, 5.41) is 2.91. The molecule has 0 spiro atoms. The van der Waals surface area contributed by atoms with Crippen molar-refractivity contribution in [3.05, 3.63) is 83.2 Å². The number of hydrogen-bond donors (Lipinski definition) is 2. The molecule has 0 aliphatic carbocycles. The van der Waals surface area contributed by atoms with Crippen molar-refractivity contribution in [3.8, 4) is 10.6 Å². The number of oxazole rings is 1. The molecule has 0 unspecified atom stereocenters. The molecule has 0 atom stereocenters. The molecule has 5 aromatic rings. The van der Waals surface area contributed by atoms with Crippen LogP contribution in [0.3, 0.4) is 0 Å². The fraction of sp³-hybridized carbons (Fsp3) is 0.154. The van der Waals surface area contributed by atoms with E-state index in [-0.39, 0.29) is 11.8 Å². The smallest absolute Gasteiger partial charge is 0.268 e. The maximum atomic E-state index is 13.0. The molecule has 3 N–H and O–H groups in total. The van der Waals surface area contributed by atoms with E-state index in [1.807, 2.05) is 47.0 Å². The number of carbonyl (C=O) groups is 2. The number of amides is 2. The van der Waals surface area contributed by atoms with Crippen molar-refractivity contribution in [3.63, 3.8) is 0 Å². The minimum atomic E-state index is -0.285. The maximum absolute atomic E-state index is 13.0. The summed E-state index contributed by atoms with van der Waals surface area (Å²) in [6, 6.07) is 18.2. The molecular formula is C26H24N6O3S. The summed E-state index contributed by atoms with van der Waals surface area (Å²) in [6.45, 7) is 2.61. The minimum absolute atomic E-state index is 0.125. The molecule has 3 heterocycles. The number of benzene rings is 2. The number of anilines is 2. The van der Waals surface area contributed by atoms with Gasteiger partial charge in [-0.3, -0.25) is 14.9 Å². The van der Waals surface area contributed by atoms with Crippen LogP contribution in [-0.2, 0) is 6.54 Å². The van der Waals surface area contributed by atoms with Gasteiger partial charge in [0.05, 0.1) is 27.0 Å². The number of aryl methyl sites for hydroxylation is 1. The Morgan fingerprint density at radius 1 is 1.14 bits per heavy atom. The Balaban J connectivity index is 1.42. The van der Waals surface area contributed by atoms with E-state index in [1.165, 1.54) is 11.3 Å². The molecule has 3 aromatic heterocycles. The Kier molecular flexibility index (Phi) is 6.36. The van der Waals surface area contributed by atoms with Crippen LogP contribution >= 0.6 is 11.3 Å². The van der Waals surface area contributed by atoms with Gasteiger partial charge in [0.1, 0.15) is 0 Å². The molecule has 0 aliphatic rings. The van der Waals surface area contributed by atoms with Crippen molar-refractivity contribution in [1.29, 1.82) is 0 Å². The van der Waals surface area contributed by atoms with E-state index in [1.54, 1.807) is 43.3 Å². The monoisotopic (exact) mass is 500 g/mol. The normalized spacial score (nSPS) is 11.1. The largest absolute Gasteiger partial charge is 0.440 e. The maximum Gasteiger partial charge on any atom is 0.268 e. The lowest BCUT2D eigenvalue weighted by Gasteiger charge is -2.17. The third kappa shape index (κ3) is 4.51. The summed E-state index contributed by atoms with van der Waals surface area (Å²) < 4.78 is 7.42. The summed E-state index contributed by atoms with van der Waals surface area (Å²) >= 11 is 1.31.